The smallest absolute Gasteiger partial charge is 0.251 e. The summed E-state index contributed by atoms with van der Waals surface area (Å²) >= 11 is 0. The third-order valence-electron chi connectivity index (χ3n) is 4.74. The lowest BCUT2D eigenvalue weighted by molar-refractivity contribution is 0.0228. The lowest BCUT2D eigenvalue weighted by Crippen LogP contribution is -2.41. The van der Waals surface area contributed by atoms with Gasteiger partial charge in [-0.05, 0) is 49.1 Å². The molecule has 1 fully saturated rings. The van der Waals surface area contributed by atoms with Crippen LogP contribution in [0.4, 0.5) is 0 Å². The topological polar surface area (TPSA) is 92.9 Å². The number of hydrogen-bond acceptors (Lipinski definition) is 5. The SMILES string of the molecule is O=C(NC(c1ccccn1)C1CC(O)C1)c1cccc(-n2cnnc2)c1. The highest BCUT2D eigenvalue weighted by Gasteiger charge is 2.36. The van der Waals surface area contributed by atoms with Crippen molar-refractivity contribution >= 4 is 5.91 Å². The molecule has 1 atom stereocenters. The summed E-state index contributed by atoms with van der Waals surface area (Å²) < 4.78 is 1.75. The summed E-state index contributed by atoms with van der Waals surface area (Å²) in [6.45, 7) is 0. The molecule has 7 heteroatoms. The number of carbonyl (C=O) groups is 1. The van der Waals surface area contributed by atoms with Gasteiger partial charge in [0, 0.05) is 17.4 Å². The number of aromatic nitrogens is 4. The van der Waals surface area contributed by atoms with E-state index in [1.165, 1.54) is 0 Å². The van der Waals surface area contributed by atoms with E-state index in [4.69, 9.17) is 0 Å². The zero-order valence-corrected chi connectivity index (χ0v) is 14.1. The van der Waals surface area contributed by atoms with E-state index in [-0.39, 0.29) is 24.0 Å². The highest BCUT2D eigenvalue weighted by atomic mass is 16.3. The Morgan fingerprint density at radius 2 is 1.96 bits per heavy atom. The van der Waals surface area contributed by atoms with Gasteiger partial charge in [0.2, 0.25) is 0 Å². The summed E-state index contributed by atoms with van der Waals surface area (Å²) in [6, 6.07) is 12.7. The number of rotatable bonds is 5. The number of pyridine rings is 1. The van der Waals surface area contributed by atoms with Gasteiger partial charge < -0.3 is 10.4 Å². The Balaban J connectivity index is 1.56. The van der Waals surface area contributed by atoms with Crippen LogP contribution in [-0.4, -0.2) is 36.9 Å². The lowest BCUT2D eigenvalue weighted by Gasteiger charge is -2.37. The number of carbonyl (C=O) groups excluding carboxylic acids is 1. The van der Waals surface area contributed by atoms with Crippen LogP contribution < -0.4 is 5.32 Å². The molecule has 0 spiro atoms. The van der Waals surface area contributed by atoms with E-state index < -0.39 is 0 Å². The number of hydrogen-bond donors (Lipinski definition) is 2. The quantitative estimate of drug-likeness (QED) is 0.734. The fraction of sp³-hybridized carbons (Fsp3) is 0.263. The number of amides is 1. The molecule has 26 heavy (non-hydrogen) atoms. The first-order valence-corrected chi connectivity index (χ1v) is 8.55. The number of aliphatic hydroxyl groups excluding tert-OH is 1. The van der Waals surface area contributed by atoms with Crippen LogP contribution in [0.15, 0.2) is 61.3 Å². The van der Waals surface area contributed by atoms with Crippen molar-refractivity contribution in [2.24, 2.45) is 5.92 Å². The molecule has 0 bridgehead atoms. The molecule has 0 aliphatic heterocycles. The molecule has 2 N–H and O–H groups in total. The molecule has 132 valence electrons. The number of nitrogens with zero attached hydrogens (tertiary/aromatic N) is 4. The van der Waals surface area contributed by atoms with Gasteiger partial charge in [0.25, 0.3) is 5.91 Å². The van der Waals surface area contributed by atoms with Gasteiger partial charge in [0.1, 0.15) is 12.7 Å². The maximum atomic E-state index is 12.8. The normalized spacial score (nSPS) is 20.2. The largest absolute Gasteiger partial charge is 0.393 e. The molecule has 3 aromatic rings. The molecule has 2 aromatic heterocycles. The van der Waals surface area contributed by atoms with Gasteiger partial charge in [-0.1, -0.05) is 12.1 Å². The Morgan fingerprint density at radius 1 is 1.15 bits per heavy atom. The predicted molar refractivity (Wildman–Crippen MR) is 94.5 cm³/mol. The van der Waals surface area contributed by atoms with Crippen molar-refractivity contribution in [3.63, 3.8) is 0 Å². The van der Waals surface area contributed by atoms with E-state index in [0.29, 0.717) is 18.4 Å². The van der Waals surface area contributed by atoms with Gasteiger partial charge in [-0.25, -0.2) is 0 Å². The second kappa shape index (κ2) is 7.05. The molecule has 2 heterocycles. The van der Waals surface area contributed by atoms with Gasteiger partial charge in [-0.3, -0.25) is 14.3 Å². The summed E-state index contributed by atoms with van der Waals surface area (Å²) in [6.07, 6.45) is 5.94. The average Bonchev–Trinajstić information content (AvgIpc) is 3.19. The summed E-state index contributed by atoms with van der Waals surface area (Å²) in [5, 5.41) is 20.3. The van der Waals surface area contributed by atoms with Crippen molar-refractivity contribution in [1.29, 1.82) is 0 Å². The third kappa shape index (κ3) is 3.34. The van der Waals surface area contributed by atoms with Crippen molar-refractivity contribution in [3.05, 3.63) is 72.6 Å². The van der Waals surface area contributed by atoms with Gasteiger partial charge in [0.05, 0.1) is 17.8 Å². The Hall–Kier alpha value is -3.06. The van der Waals surface area contributed by atoms with Crippen LogP contribution in [0.5, 0.6) is 0 Å². The molecular formula is C19H19N5O2. The predicted octanol–water partition coefficient (Wildman–Crippen LogP) is 1.90. The highest BCUT2D eigenvalue weighted by Crippen LogP contribution is 2.37. The monoisotopic (exact) mass is 349 g/mol. The number of nitrogens with one attached hydrogen (secondary N) is 1. The summed E-state index contributed by atoms with van der Waals surface area (Å²) in [5.74, 6) is 0.0156. The molecule has 1 unspecified atom stereocenters. The molecule has 1 aliphatic rings. The molecule has 0 radical (unpaired) electrons. The van der Waals surface area contributed by atoms with E-state index in [0.717, 1.165) is 11.4 Å². The minimum Gasteiger partial charge on any atom is -0.393 e. The zero-order valence-electron chi connectivity index (χ0n) is 14.1. The van der Waals surface area contributed by atoms with Crippen molar-refractivity contribution in [1.82, 2.24) is 25.1 Å². The van der Waals surface area contributed by atoms with Crippen LogP contribution in [0.1, 0.15) is 34.9 Å². The standard InChI is InChI=1S/C19H19N5O2/c25-16-9-14(10-16)18(17-6-1-2-7-20-17)23-19(26)13-4-3-5-15(8-13)24-11-21-22-12-24/h1-8,11-12,14,16,18,25H,9-10H2,(H,23,26). The average molecular weight is 349 g/mol. The van der Waals surface area contributed by atoms with Crippen molar-refractivity contribution in [2.45, 2.75) is 25.0 Å². The van der Waals surface area contributed by atoms with Crippen LogP contribution in [0.3, 0.4) is 0 Å². The summed E-state index contributed by atoms with van der Waals surface area (Å²) in [4.78, 5) is 17.2. The molecular weight excluding hydrogens is 330 g/mol. The fourth-order valence-electron chi connectivity index (χ4n) is 3.26. The number of aliphatic hydroxyl groups is 1. The first-order chi connectivity index (χ1) is 12.7. The molecule has 1 aliphatic carbocycles. The third-order valence-corrected chi connectivity index (χ3v) is 4.74. The molecule has 0 saturated heterocycles. The minimum atomic E-state index is -0.291. The second-order valence-electron chi connectivity index (χ2n) is 6.51. The van der Waals surface area contributed by atoms with Crippen molar-refractivity contribution in [3.8, 4) is 5.69 Å². The van der Waals surface area contributed by atoms with Gasteiger partial charge in [0.15, 0.2) is 0 Å². The first kappa shape index (κ1) is 16.4. The first-order valence-electron chi connectivity index (χ1n) is 8.55. The van der Waals surface area contributed by atoms with Gasteiger partial charge in [-0.15, -0.1) is 10.2 Å². The van der Waals surface area contributed by atoms with Crippen LogP contribution in [0.2, 0.25) is 0 Å². The number of benzene rings is 1. The van der Waals surface area contributed by atoms with Gasteiger partial charge >= 0.3 is 0 Å². The maximum absolute atomic E-state index is 12.8. The van der Waals surface area contributed by atoms with Gasteiger partial charge in [-0.2, -0.15) is 0 Å². The van der Waals surface area contributed by atoms with E-state index in [1.54, 1.807) is 35.6 Å². The van der Waals surface area contributed by atoms with Crippen molar-refractivity contribution in [2.75, 3.05) is 0 Å². The molecule has 1 amide bonds. The lowest BCUT2D eigenvalue weighted by atomic mass is 9.76. The molecule has 4 rings (SSSR count). The molecule has 1 aromatic carbocycles. The maximum Gasteiger partial charge on any atom is 0.251 e. The summed E-state index contributed by atoms with van der Waals surface area (Å²) in [5.41, 5.74) is 2.18. The van der Waals surface area contributed by atoms with E-state index in [9.17, 15) is 9.90 Å². The Morgan fingerprint density at radius 3 is 2.65 bits per heavy atom. The van der Waals surface area contributed by atoms with E-state index in [2.05, 4.69) is 20.5 Å². The van der Waals surface area contributed by atoms with Crippen LogP contribution in [0, 0.1) is 5.92 Å². The fourth-order valence-corrected chi connectivity index (χ4v) is 3.26. The van der Waals surface area contributed by atoms with Crippen molar-refractivity contribution < 1.29 is 9.90 Å². The molecule has 7 nitrogen and oxygen atoms in total. The Labute approximate surface area is 150 Å². The van der Waals surface area contributed by atoms with Crippen LogP contribution in [-0.2, 0) is 0 Å². The van der Waals surface area contributed by atoms with Crippen LogP contribution >= 0.6 is 0 Å². The summed E-state index contributed by atoms with van der Waals surface area (Å²) in [7, 11) is 0. The highest BCUT2D eigenvalue weighted by molar-refractivity contribution is 5.95. The molecule has 1 saturated carbocycles. The second-order valence-corrected chi connectivity index (χ2v) is 6.51. The Kier molecular flexibility index (Phi) is 4.45. The van der Waals surface area contributed by atoms with Crippen LogP contribution in [0.25, 0.3) is 5.69 Å². The van der Waals surface area contributed by atoms with E-state index >= 15 is 0 Å². The zero-order chi connectivity index (χ0) is 17.9. The van der Waals surface area contributed by atoms with E-state index in [1.807, 2.05) is 30.3 Å². The minimum absolute atomic E-state index is 0.169. The Bertz CT molecular complexity index is 876.